The molecule has 2 nitrogen and oxygen atoms in total. The Labute approximate surface area is 155 Å². The van der Waals surface area contributed by atoms with Gasteiger partial charge in [-0.2, -0.15) is 0 Å². The molecule has 0 saturated heterocycles. The maximum atomic E-state index is 10.9. The van der Waals surface area contributed by atoms with Crippen LogP contribution in [-0.4, -0.2) is 11.1 Å². The Hall–Kier alpha value is -0.530. The molecule has 3 rings (SSSR count). The monoisotopic (exact) mass is 348 g/mol. The zero-order chi connectivity index (χ0) is 17.9. The number of hydrogen-bond acceptors (Lipinski definition) is 1. The molecule has 0 heterocycles. The lowest BCUT2D eigenvalue weighted by Crippen LogP contribution is -2.41. The van der Waals surface area contributed by atoms with Crippen molar-refractivity contribution in [2.24, 2.45) is 35.0 Å². The molecule has 1 N–H and O–H groups in total. The zero-order valence-electron chi connectivity index (χ0n) is 16.6. The van der Waals surface area contributed by atoms with Gasteiger partial charge in [-0.1, -0.05) is 52.4 Å². The molecule has 144 valence electrons. The Morgan fingerprint density at radius 2 is 1.80 bits per heavy atom. The SMILES string of the molecule is CC1CCCCCC2CCC3(C)C(CCCC(=O)O)CCC3C2CC1. The van der Waals surface area contributed by atoms with Crippen LogP contribution in [0.3, 0.4) is 0 Å². The molecule has 0 amide bonds. The maximum absolute atomic E-state index is 10.9. The van der Waals surface area contributed by atoms with Gasteiger partial charge in [-0.25, -0.2) is 0 Å². The minimum atomic E-state index is -0.621. The van der Waals surface area contributed by atoms with Gasteiger partial charge in [0.25, 0.3) is 0 Å². The van der Waals surface area contributed by atoms with Crippen molar-refractivity contribution in [1.29, 1.82) is 0 Å². The molecular weight excluding hydrogens is 308 g/mol. The lowest BCUT2D eigenvalue weighted by atomic mass is 9.55. The summed E-state index contributed by atoms with van der Waals surface area (Å²) in [5.74, 6) is 3.95. The van der Waals surface area contributed by atoms with Crippen LogP contribution >= 0.6 is 0 Å². The van der Waals surface area contributed by atoms with Gasteiger partial charge in [0, 0.05) is 6.42 Å². The number of carbonyl (C=O) groups is 1. The smallest absolute Gasteiger partial charge is 0.303 e. The van der Waals surface area contributed by atoms with Gasteiger partial charge in [0.2, 0.25) is 0 Å². The van der Waals surface area contributed by atoms with Crippen molar-refractivity contribution in [3.05, 3.63) is 0 Å². The number of aliphatic carboxylic acids is 1. The third-order valence-electron chi connectivity index (χ3n) is 8.49. The summed E-state index contributed by atoms with van der Waals surface area (Å²) in [5.41, 5.74) is 0.507. The van der Waals surface area contributed by atoms with Gasteiger partial charge >= 0.3 is 5.97 Å². The fraction of sp³-hybridized carbons (Fsp3) is 0.957. The van der Waals surface area contributed by atoms with Crippen molar-refractivity contribution in [3.63, 3.8) is 0 Å². The fourth-order valence-corrected chi connectivity index (χ4v) is 6.94. The van der Waals surface area contributed by atoms with E-state index in [1.165, 1.54) is 70.6 Å². The van der Waals surface area contributed by atoms with Gasteiger partial charge in [0.1, 0.15) is 0 Å². The van der Waals surface area contributed by atoms with E-state index in [0.717, 1.165) is 42.4 Å². The van der Waals surface area contributed by atoms with Gasteiger partial charge < -0.3 is 5.11 Å². The molecule has 2 heteroatoms. The molecule has 25 heavy (non-hydrogen) atoms. The third-order valence-corrected chi connectivity index (χ3v) is 8.49. The fourth-order valence-electron chi connectivity index (χ4n) is 6.94. The van der Waals surface area contributed by atoms with E-state index >= 15 is 0 Å². The summed E-state index contributed by atoms with van der Waals surface area (Å²) in [7, 11) is 0. The Kier molecular flexibility index (Phi) is 6.49. The van der Waals surface area contributed by atoms with Crippen molar-refractivity contribution < 1.29 is 9.90 Å². The Morgan fingerprint density at radius 3 is 2.60 bits per heavy atom. The lowest BCUT2D eigenvalue weighted by molar-refractivity contribution is -0.137. The van der Waals surface area contributed by atoms with Crippen molar-refractivity contribution in [2.75, 3.05) is 0 Å². The van der Waals surface area contributed by atoms with E-state index in [4.69, 9.17) is 5.11 Å². The van der Waals surface area contributed by atoms with Crippen LogP contribution in [0.4, 0.5) is 0 Å². The van der Waals surface area contributed by atoms with Crippen molar-refractivity contribution >= 4 is 5.97 Å². The van der Waals surface area contributed by atoms with Crippen LogP contribution in [0, 0.1) is 35.0 Å². The summed E-state index contributed by atoms with van der Waals surface area (Å²) in [4.78, 5) is 10.9. The van der Waals surface area contributed by atoms with E-state index in [2.05, 4.69) is 13.8 Å². The van der Waals surface area contributed by atoms with E-state index in [1.807, 2.05) is 0 Å². The normalized spacial score (nSPS) is 42.4. The first-order valence-corrected chi connectivity index (χ1v) is 11.2. The van der Waals surface area contributed by atoms with E-state index in [9.17, 15) is 4.79 Å². The highest BCUT2D eigenvalue weighted by molar-refractivity contribution is 5.66. The van der Waals surface area contributed by atoms with E-state index in [-0.39, 0.29) is 0 Å². The van der Waals surface area contributed by atoms with Crippen LogP contribution in [0.1, 0.15) is 104 Å². The molecule has 0 bridgehead atoms. The summed E-state index contributed by atoms with van der Waals surface area (Å²) >= 11 is 0. The molecular formula is C23H40O2. The Bertz CT molecular complexity index is 445. The molecule has 3 aliphatic carbocycles. The van der Waals surface area contributed by atoms with E-state index in [1.54, 1.807) is 0 Å². The lowest BCUT2D eigenvalue weighted by Gasteiger charge is -2.49. The molecule has 3 saturated carbocycles. The van der Waals surface area contributed by atoms with E-state index < -0.39 is 5.97 Å². The van der Waals surface area contributed by atoms with Crippen molar-refractivity contribution in [3.8, 4) is 0 Å². The summed E-state index contributed by atoms with van der Waals surface area (Å²) in [6, 6.07) is 0. The Balaban J connectivity index is 1.66. The van der Waals surface area contributed by atoms with Crippen LogP contribution in [0.2, 0.25) is 0 Å². The quantitative estimate of drug-likeness (QED) is 0.615. The number of carboxylic acids is 1. The maximum Gasteiger partial charge on any atom is 0.303 e. The molecule has 0 radical (unpaired) electrons. The average molecular weight is 349 g/mol. The molecule has 3 aliphatic rings. The van der Waals surface area contributed by atoms with Crippen LogP contribution in [0.5, 0.6) is 0 Å². The highest BCUT2D eigenvalue weighted by atomic mass is 16.4. The average Bonchev–Trinajstić information content (AvgIpc) is 2.90. The third kappa shape index (κ3) is 4.42. The molecule has 0 aromatic carbocycles. The van der Waals surface area contributed by atoms with Gasteiger partial charge in [-0.3, -0.25) is 4.79 Å². The van der Waals surface area contributed by atoms with Gasteiger partial charge in [0.05, 0.1) is 0 Å². The topological polar surface area (TPSA) is 37.3 Å². The first-order valence-electron chi connectivity index (χ1n) is 11.2. The molecule has 6 unspecified atom stereocenters. The van der Waals surface area contributed by atoms with Crippen LogP contribution < -0.4 is 0 Å². The summed E-state index contributed by atoms with van der Waals surface area (Å²) in [6.07, 6.45) is 18.2. The van der Waals surface area contributed by atoms with Crippen molar-refractivity contribution in [2.45, 2.75) is 104 Å². The highest BCUT2D eigenvalue weighted by Gasteiger charge is 2.52. The molecule has 0 aromatic heterocycles. The van der Waals surface area contributed by atoms with Crippen LogP contribution in [-0.2, 0) is 4.79 Å². The summed E-state index contributed by atoms with van der Waals surface area (Å²) in [5, 5.41) is 8.97. The minimum Gasteiger partial charge on any atom is -0.481 e. The number of rotatable bonds is 4. The Morgan fingerprint density at radius 1 is 1.00 bits per heavy atom. The largest absolute Gasteiger partial charge is 0.481 e. The second-order valence-corrected chi connectivity index (χ2v) is 9.96. The zero-order valence-corrected chi connectivity index (χ0v) is 16.6. The van der Waals surface area contributed by atoms with Crippen LogP contribution in [0.15, 0.2) is 0 Å². The molecule has 0 spiro atoms. The van der Waals surface area contributed by atoms with Crippen molar-refractivity contribution in [1.82, 2.24) is 0 Å². The van der Waals surface area contributed by atoms with E-state index in [0.29, 0.717) is 11.8 Å². The van der Waals surface area contributed by atoms with Gasteiger partial charge in [-0.05, 0) is 80.0 Å². The van der Waals surface area contributed by atoms with Gasteiger partial charge in [0.15, 0.2) is 0 Å². The number of fused-ring (bicyclic) bond motifs is 3. The predicted molar refractivity (Wildman–Crippen MR) is 104 cm³/mol. The molecule has 0 aliphatic heterocycles. The second-order valence-electron chi connectivity index (χ2n) is 9.96. The standard InChI is InChI=1S/C23H40O2/c1-17-7-4-3-5-8-18-15-16-23(2)19(9-6-10-22(24)25)12-14-21(23)20(18)13-11-17/h17-21H,3-16H2,1-2H3,(H,24,25). The second kappa shape index (κ2) is 8.44. The highest BCUT2D eigenvalue weighted by Crippen LogP contribution is 2.61. The predicted octanol–water partition coefficient (Wildman–Crippen LogP) is 6.68. The minimum absolute atomic E-state index is 0.362. The summed E-state index contributed by atoms with van der Waals surface area (Å²) in [6.45, 7) is 5.05. The van der Waals surface area contributed by atoms with Gasteiger partial charge in [-0.15, -0.1) is 0 Å². The first-order chi connectivity index (χ1) is 12.0. The first kappa shape index (κ1) is 19.2. The number of carboxylic acid groups (broad SMARTS) is 1. The number of hydrogen-bond donors (Lipinski definition) is 1. The molecule has 0 aromatic rings. The van der Waals surface area contributed by atoms with Crippen LogP contribution in [0.25, 0.3) is 0 Å². The summed E-state index contributed by atoms with van der Waals surface area (Å²) < 4.78 is 0. The molecule has 3 fully saturated rings. The molecule has 6 atom stereocenters.